The van der Waals surface area contributed by atoms with E-state index in [2.05, 4.69) is 27.4 Å². The number of benzene rings is 1. The molecule has 0 spiro atoms. The highest BCUT2D eigenvalue weighted by atomic mass is 35.5. The molecule has 178 valence electrons. The first-order valence-electron chi connectivity index (χ1n) is 10.8. The summed E-state index contributed by atoms with van der Waals surface area (Å²) in [5.74, 6) is 1.54. The minimum atomic E-state index is -0.356. The molecule has 0 atom stereocenters. The smallest absolute Gasteiger partial charge is 0.246 e. The third-order valence-corrected chi connectivity index (χ3v) is 5.65. The molecule has 0 unspecified atom stereocenters. The Balaban J connectivity index is 1.46. The molecule has 3 rings (SSSR count). The summed E-state index contributed by atoms with van der Waals surface area (Å²) in [4.78, 5) is 21.0. The molecule has 0 aliphatic heterocycles. The molecule has 1 aliphatic rings. The van der Waals surface area contributed by atoms with Crippen LogP contribution in [0.15, 0.2) is 45.4 Å². The minimum Gasteiger partial charge on any atom is -0.485 e. The molecule has 0 saturated heterocycles. The number of nitrogens with one attached hydrogen (secondary N) is 1. The molecule has 1 aromatic heterocycles. The molecule has 0 bridgehead atoms. The summed E-state index contributed by atoms with van der Waals surface area (Å²) in [6.45, 7) is 8.52. The normalized spacial score (nSPS) is 22.4. The van der Waals surface area contributed by atoms with E-state index in [1.165, 1.54) is 0 Å². The first-order chi connectivity index (χ1) is 15.6. The van der Waals surface area contributed by atoms with Crippen LogP contribution in [0.1, 0.15) is 52.3 Å². The van der Waals surface area contributed by atoms with Crippen molar-refractivity contribution < 1.29 is 18.8 Å². The monoisotopic (exact) mass is 474 g/mol. The zero-order valence-corrected chi connectivity index (χ0v) is 20.5. The standard InChI is InChI=1S/C24H31ClN4O4/c1-16(2)10-18(26-5)11-31-13-21(30)28-24(4)14-23(3,15-24)22-27-20(29-33-22)12-32-19-8-6-17(25)7-9-19/h6-10H,11-15H2,1-5H3,(H,28,30)/b26-18+. The molecule has 1 heterocycles. The molecule has 33 heavy (non-hydrogen) atoms. The topological polar surface area (TPSA) is 98.8 Å². The van der Waals surface area contributed by atoms with Gasteiger partial charge < -0.3 is 19.3 Å². The lowest BCUT2D eigenvalue weighted by Crippen LogP contribution is -2.61. The van der Waals surface area contributed by atoms with Gasteiger partial charge >= 0.3 is 0 Å². The first-order valence-corrected chi connectivity index (χ1v) is 11.2. The van der Waals surface area contributed by atoms with Gasteiger partial charge in [-0.3, -0.25) is 9.79 Å². The maximum Gasteiger partial charge on any atom is 0.246 e. The molecule has 2 aromatic rings. The van der Waals surface area contributed by atoms with Crippen LogP contribution in [0.5, 0.6) is 5.75 Å². The quantitative estimate of drug-likeness (QED) is 0.516. The van der Waals surface area contributed by atoms with Crippen LogP contribution in [0.4, 0.5) is 0 Å². The number of hydrogen-bond acceptors (Lipinski definition) is 7. The summed E-state index contributed by atoms with van der Waals surface area (Å²) in [6, 6.07) is 7.08. The Bertz CT molecular complexity index is 1020. The summed E-state index contributed by atoms with van der Waals surface area (Å²) in [7, 11) is 1.71. The van der Waals surface area contributed by atoms with Crippen molar-refractivity contribution in [3.8, 4) is 5.75 Å². The number of aliphatic imine (C=N–C) groups is 1. The molecule has 1 saturated carbocycles. The number of carbonyl (C=O) groups excluding carboxylic acids is 1. The molecular weight excluding hydrogens is 444 g/mol. The molecule has 1 aliphatic carbocycles. The highest BCUT2D eigenvalue weighted by Gasteiger charge is 2.53. The van der Waals surface area contributed by atoms with Gasteiger partial charge in [-0.2, -0.15) is 4.98 Å². The van der Waals surface area contributed by atoms with Gasteiger partial charge in [0, 0.05) is 17.6 Å². The number of ether oxygens (including phenoxy) is 2. The second kappa shape index (κ2) is 10.5. The van der Waals surface area contributed by atoms with Gasteiger partial charge in [-0.1, -0.05) is 29.3 Å². The van der Waals surface area contributed by atoms with E-state index in [1.54, 1.807) is 31.3 Å². The predicted molar refractivity (Wildman–Crippen MR) is 127 cm³/mol. The summed E-state index contributed by atoms with van der Waals surface area (Å²) in [5.41, 5.74) is 1.27. The zero-order chi connectivity index (χ0) is 24.1. The van der Waals surface area contributed by atoms with Gasteiger partial charge in [0.15, 0.2) is 6.61 Å². The van der Waals surface area contributed by atoms with Gasteiger partial charge in [0.05, 0.1) is 17.7 Å². The second-order valence-corrected chi connectivity index (χ2v) is 9.65. The highest BCUT2D eigenvalue weighted by Crippen LogP contribution is 2.49. The van der Waals surface area contributed by atoms with Gasteiger partial charge in [0.25, 0.3) is 0 Å². The van der Waals surface area contributed by atoms with Gasteiger partial charge in [0.1, 0.15) is 12.4 Å². The number of halogens is 1. The van der Waals surface area contributed by atoms with Crippen LogP contribution in [-0.4, -0.2) is 47.6 Å². The summed E-state index contributed by atoms with van der Waals surface area (Å²) in [5, 5.41) is 7.74. The van der Waals surface area contributed by atoms with Crippen molar-refractivity contribution >= 4 is 23.2 Å². The van der Waals surface area contributed by atoms with Crippen molar-refractivity contribution in [2.75, 3.05) is 20.3 Å². The van der Waals surface area contributed by atoms with E-state index >= 15 is 0 Å². The third kappa shape index (κ3) is 6.88. The van der Waals surface area contributed by atoms with Crippen molar-refractivity contribution in [3.63, 3.8) is 0 Å². The van der Waals surface area contributed by atoms with E-state index in [0.717, 1.165) is 11.3 Å². The Morgan fingerprint density at radius 3 is 2.58 bits per heavy atom. The molecule has 0 radical (unpaired) electrons. The average Bonchev–Trinajstić information content (AvgIpc) is 3.21. The van der Waals surface area contributed by atoms with Crippen LogP contribution in [-0.2, 0) is 21.6 Å². The van der Waals surface area contributed by atoms with Gasteiger partial charge in [-0.25, -0.2) is 0 Å². The minimum absolute atomic E-state index is 0.0192. The maximum atomic E-state index is 12.4. The number of allylic oxidation sites excluding steroid dienone is 1. The number of hydrogen-bond donors (Lipinski definition) is 1. The fourth-order valence-corrected chi connectivity index (χ4v) is 4.40. The fourth-order valence-electron chi connectivity index (χ4n) is 4.27. The molecule has 9 heteroatoms. The summed E-state index contributed by atoms with van der Waals surface area (Å²) >= 11 is 5.88. The van der Waals surface area contributed by atoms with E-state index in [0.29, 0.717) is 41.9 Å². The lowest BCUT2D eigenvalue weighted by atomic mass is 9.59. The van der Waals surface area contributed by atoms with Crippen molar-refractivity contribution in [1.29, 1.82) is 0 Å². The highest BCUT2D eigenvalue weighted by molar-refractivity contribution is 6.30. The number of nitrogens with zero attached hydrogens (tertiary/aromatic N) is 3. The molecule has 1 fully saturated rings. The Morgan fingerprint density at radius 1 is 1.24 bits per heavy atom. The number of aromatic nitrogens is 2. The largest absolute Gasteiger partial charge is 0.485 e. The van der Waals surface area contributed by atoms with Crippen molar-refractivity contribution in [2.45, 2.75) is 58.1 Å². The van der Waals surface area contributed by atoms with E-state index in [9.17, 15) is 4.79 Å². The van der Waals surface area contributed by atoms with Crippen LogP contribution in [0.2, 0.25) is 5.02 Å². The van der Waals surface area contributed by atoms with Gasteiger partial charge in [-0.05, 0) is 64.0 Å². The van der Waals surface area contributed by atoms with Gasteiger partial charge in [-0.15, -0.1) is 0 Å². The Hall–Kier alpha value is -2.71. The average molecular weight is 475 g/mol. The Labute approximate surface area is 199 Å². The SMILES string of the molecule is C/N=C(\C=C(C)C)COCC(=O)NC1(C)CC(C)(c2nc(COc3ccc(Cl)cc3)no2)C1. The summed E-state index contributed by atoms with van der Waals surface area (Å²) in [6.07, 6.45) is 3.31. The van der Waals surface area contributed by atoms with Crippen LogP contribution < -0.4 is 10.1 Å². The van der Waals surface area contributed by atoms with Crippen molar-refractivity contribution in [2.24, 2.45) is 4.99 Å². The predicted octanol–water partition coefficient (Wildman–Crippen LogP) is 4.28. The van der Waals surface area contributed by atoms with Crippen LogP contribution in [0, 0.1) is 0 Å². The maximum absolute atomic E-state index is 12.4. The number of carbonyl (C=O) groups is 1. The van der Waals surface area contributed by atoms with Crippen LogP contribution in [0.3, 0.4) is 0 Å². The van der Waals surface area contributed by atoms with E-state index in [1.807, 2.05) is 26.8 Å². The first kappa shape index (κ1) is 24.9. The molecule has 8 nitrogen and oxygen atoms in total. The van der Waals surface area contributed by atoms with Crippen LogP contribution >= 0.6 is 11.6 Å². The Kier molecular flexibility index (Phi) is 7.92. The number of rotatable bonds is 10. The molecule has 1 aromatic carbocycles. The van der Waals surface area contributed by atoms with Crippen LogP contribution in [0.25, 0.3) is 0 Å². The van der Waals surface area contributed by atoms with E-state index in [4.69, 9.17) is 25.6 Å². The lowest BCUT2D eigenvalue weighted by molar-refractivity contribution is -0.129. The van der Waals surface area contributed by atoms with Crippen molar-refractivity contribution in [3.05, 3.63) is 52.7 Å². The fraction of sp³-hybridized carbons (Fsp3) is 0.500. The Morgan fingerprint density at radius 2 is 1.94 bits per heavy atom. The third-order valence-electron chi connectivity index (χ3n) is 5.39. The zero-order valence-electron chi connectivity index (χ0n) is 19.8. The lowest BCUT2D eigenvalue weighted by Gasteiger charge is -2.51. The van der Waals surface area contributed by atoms with E-state index in [-0.39, 0.29) is 30.1 Å². The van der Waals surface area contributed by atoms with Gasteiger partial charge in [0.2, 0.25) is 17.6 Å². The van der Waals surface area contributed by atoms with E-state index < -0.39 is 0 Å². The van der Waals surface area contributed by atoms with Crippen molar-refractivity contribution in [1.82, 2.24) is 15.5 Å². The molecular formula is C24H31ClN4O4. The second-order valence-electron chi connectivity index (χ2n) is 9.21. The number of amides is 1. The molecule has 1 N–H and O–H groups in total. The molecule has 1 amide bonds. The summed E-state index contributed by atoms with van der Waals surface area (Å²) < 4.78 is 16.7.